The molecule has 4 aromatic rings. The van der Waals surface area contributed by atoms with Crippen LogP contribution in [0.1, 0.15) is 52.6 Å². The second-order valence-corrected chi connectivity index (χ2v) is 9.13. The number of piperidine rings is 1. The van der Waals surface area contributed by atoms with Crippen LogP contribution in [0.4, 0.5) is 13.2 Å². The monoisotopic (exact) mass is 465 g/mol. The van der Waals surface area contributed by atoms with Gasteiger partial charge in [0.25, 0.3) is 5.91 Å². The minimum absolute atomic E-state index is 0.0560. The van der Waals surface area contributed by atoms with E-state index in [1.54, 1.807) is 24.3 Å². The summed E-state index contributed by atoms with van der Waals surface area (Å²) < 4.78 is 45.1. The molecule has 2 aliphatic rings. The Morgan fingerprint density at radius 1 is 1.12 bits per heavy atom. The Hall–Kier alpha value is -3.62. The molecule has 1 fully saturated rings. The van der Waals surface area contributed by atoms with E-state index in [2.05, 4.69) is 10.1 Å². The fourth-order valence-corrected chi connectivity index (χ4v) is 5.70. The molecular weight excluding hydrogens is 443 g/mol. The van der Waals surface area contributed by atoms with Crippen molar-refractivity contribution >= 4 is 11.4 Å². The number of aryl methyl sites for hydroxylation is 2. The van der Waals surface area contributed by atoms with E-state index in [9.17, 15) is 18.0 Å². The fraction of sp³-hybridized carbons (Fsp3) is 0.320. The molecule has 1 amide bonds. The fourth-order valence-electron chi connectivity index (χ4n) is 5.70. The van der Waals surface area contributed by atoms with Crippen molar-refractivity contribution in [3.05, 3.63) is 76.8 Å². The number of hydrogen-bond acceptors (Lipinski definition) is 3. The lowest BCUT2D eigenvalue weighted by atomic mass is 9.81. The number of nitrogens with zero attached hydrogens (tertiary/aromatic N) is 5. The number of imidazole rings is 1. The second kappa shape index (κ2) is 7.44. The molecule has 0 aliphatic carbocycles. The first-order valence-electron chi connectivity index (χ1n) is 11.3. The number of carbonyl (C=O) groups is 1. The van der Waals surface area contributed by atoms with E-state index in [4.69, 9.17) is 0 Å². The van der Waals surface area contributed by atoms with E-state index in [0.717, 1.165) is 53.9 Å². The molecular formula is C25H22F3N5O. The highest BCUT2D eigenvalue weighted by molar-refractivity contribution is 5.96. The number of hydrogen-bond donors (Lipinski definition) is 0. The molecule has 0 N–H and O–H groups in total. The van der Waals surface area contributed by atoms with Gasteiger partial charge in [-0.25, -0.2) is 18.2 Å². The van der Waals surface area contributed by atoms with E-state index in [1.807, 2.05) is 28.4 Å². The van der Waals surface area contributed by atoms with E-state index in [0.29, 0.717) is 17.7 Å². The van der Waals surface area contributed by atoms with Gasteiger partial charge in [0.1, 0.15) is 0 Å². The topological polar surface area (TPSA) is 55.4 Å². The SMILES string of the molecule is Cc1c(C(=O)N2C3CCCC2c2nn(C)c(-c4cc(F)c(F)c(F)c4)c2C3)ccc2cncn12. The molecule has 3 aromatic heterocycles. The molecule has 2 unspecified atom stereocenters. The van der Waals surface area contributed by atoms with Crippen LogP contribution in [0.15, 0.2) is 36.8 Å². The summed E-state index contributed by atoms with van der Waals surface area (Å²) in [5.41, 5.74) is 4.78. The largest absolute Gasteiger partial charge is 0.327 e. The van der Waals surface area contributed by atoms with Crippen molar-refractivity contribution in [3.8, 4) is 11.3 Å². The quantitative estimate of drug-likeness (QED) is 0.402. The van der Waals surface area contributed by atoms with Crippen LogP contribution in [0.3, 0.4) is 0 Å². The zero-order chi connectivity index (χ0) is 23.7. The van der Waals surface area contributed by atoms with Gasteiger partial charge in [0.2, 0.25) is 0 Å². The molecule has 1 saturated heterocycles. The molecule has 174 valence electrons. The highest BCUT2D eigenvalue weighted by Crippen LogP contribution is 2.45. The summed E-state index contributed by atoms with van der Waals surface area (Å²) in [4.78, 5) is 19.9. The molecule has 6 rings (SSSR count). The Morgan fingerprint density at radius 2 is 1.88 bits per heavy atom. The van der Waals surface area contributed by atoms with Crippen LogP contribution in [-0.2, 0) is 13.5 Å². The minimum atomic E-state index is -1.49. The lowest BCUT2D eigenvalue weighted by Crippen LogP contribution is -2.50. The zero-order valence-corrected chi connectivity index (χ0v) is 18.7. The van der Waals surface area contributed by atoms with Crippen LogP contribution in [0.5, 0.6) is 0 Å². The second-order valence-electron chi connectivity index (χ2n) is 9.13. The normalized spacial score (nSPS) is 19.5. The lowest BCUT2D eigenvalue weighted by molar-refractivity contribution is 0.0390. The van der Waals surface area contributed by atoms with Gasteiger partial charge in [0.05, 0.1) is 41.0 Å². The maximum absolute atomic E-state index is 14.0. The first-order valence-corrected chi connectivity index (χ1v) is 11.3. The van der Waals surface area contributed by atoms with Crippen LogP contribution in [0.25, 0.3) is 16.8 Å². The molecule has 1 aromatic carbocycles. The van der Waals surface area contributed by atoms with Gasteiger partial charge in [0.15, 0.2) is 17.5 Å². The van der Waals surface area contributed by atoms with E-state index in [1.165, 1.54) is 0 Å². The number of carbonyl (C=O) groups excluding carboxylic acids is 1. The van der Waals surface area contributed by atoms with E-state index in [-0.39, 0.29) is 23.6 Å². The van der Waals surface area contributed by atoms with Crippen molar-refractivity contribution in [2.45, 2.75) is 44.7 Å². The van der Waals surface area contributed by atoms with Gasteiger partial charge in [-0.2, -0.15) is 5.10 Å². The lowest BCUT2D eigenvalue weighted by Gasteiger charge is -2.45. The van der Waals surface area contributed by atoms with Gasteiger partial charge < -0.3 is 9.30 Å². The number of pyridine rings is 1. The summed E-state index contributed by atoms with van der Waals surface area (Å²) in [5.74, 6) is -4.01. The summed E-state index contributed by atoms with van der Waals surface area (Å²) in [6.45, 7) is 1.91. The van der Waals surface area contributed by atoms with Crippen molar-refractivity contribution in [2.75, 3.05) is 0 Å². The highest BCUT2D eigenvalue weighted by Gasteiger charge is 2.44. The van der Waals surface area contributed by atoms with Gasteiger partial charge in [-0.05, 0) is 56.9 Å². The molecule has 0 radical (unpaired) electrons. The van der Waals surface area contributed by atoms with Crippen molar-refractivity contribution in [2.24, 2.45) is 7.05 Å². The first-order chi connectivity index (χ1) is 16.3. The third-order valence-corrected chi connectivity index (χ3v) is 7.24. The molecule has 0 saturated carbocycles. The minimum Gasteiger partial charge on any atom is -0.327 e. The van der Waals surface area contributed by atoms with Crippen LogP contribution in [0, 0.1) is 24.4 Å². The summed E-state index contributed by atoms with van der Waals surface area (Å²) in [6, 6.07) is 5.44. The first kappa shape index (κ1) is 20.9. The highest BCUT2D eigenvalue weighted by atomic mass is 19.2. The molecule has 2 aliphatic heterocycles. The maximum Gasteiger partial charge on any atom is 0.256 e. The summed E-state index contributed by atoms with van der Waals surface area (Å²) in [6.07, 6.45) is 6.51. The number of amides is 1. The predicted molar refractivity (Wildman–Crippen MR) is 119 cm³/mol. The van der Waals surface area contributed by atoms with Crippen molar-refractivity contribution < 1.29 is 18.0 Å². The average molecular weight is 465 g/mol. The molecule has 2 bridgehead atoms. The van der Waals surface area contributed by atoms with Gasteiger partial charge in [-0.15, -0.1) is 0 Å². The van der Waals surface area contributed by atoms with Gasteiger partial charge >= 0.3 is 0 Å². The maximum atomic E-state index is 14.0. The Kier molecular flexibility index (Phi) is 4.59. The molecule has 34 heavy (non-hydrogen) atoms. The van der Waals surface area contributed by atoms with Crippen LogP contribution in [-0.4, -0.2) is 36.0 Å². The van der Waals surface area contributed by atoms with Crippen molar-refractivity contribution in [1.82, 2.24) is 24.1 Å². The molecule has 2 atom stereocenters. The van der Waals surface area contributed by atoms with Gasteiger partial charge in [-0.3, -0.25) is 9.48 Å². The van der Waals surface area contributed by atoms with Crippen LogP contribution in [0.2, 0.25) is 0 Å². The Labute approximate surface area is 193 Å². The van der Waals surface area contributed by atoms with Gasteiger partial charge in [0, 0.05) is 29.9 Å². The molecule has 9 heteroatoms. The number of halogens is 3. The standard InChI is InChI=1S/C25H22F3N5O/c1-13-17(7-6-16-11-29-12-32(13)16)25(34)33-15-4-3-5-21(33)23-18(10-15)24(31(2)30-23)14-8-19(26)22(28)20(27)9-14/h6-9,11-12,15,21H,3-5,10H2,1-2H3. The predicted octanol–water partition coefficient (Wildman–Crippen LogP) is 4.75. The summed E-state index contributed by atoms with van der Waals surface area (Å²) in [7, 11) is 1.71. The zero-order valence-electron chi connectivity index (χ0n) is 18.7. The molecule has 5 heterocycles. The summed E-state index contributed by atoms with van der Waals surface area (Å²) >= 11 is 0. The summed E-state index contributed by atoms with van der Waals surface area (Å²) in [5, 5.41) is 4.69. The Morgan fingerprint density at radius 3 is 2.65 bits per heavy atom. The van der Waals surface area contributed by atoms with Crippen molar-refractivity contribution in [3.63, 3.8) is 0 Å². The van der Waals surface area contributed by atoms with Crippen molar-refractivity contribution in [1.29, 1.82) is 0 Å². The number of fused-ring (bicyclic) bond motifs is 5. The van der Waals surface area contributed by atoms with Gasteiger partial charge in [-0.1, -0.05) is 0 Å². The van der Waals surface area contributed by atoms with E-state index < -0.39 is 17.5 Å². The average Bonchev–Trinajstić information content (AvgIpc) is 3.41. The molecule has 6 nitrogen and oxygen atoms in total. The van der Waals surface area contributed by atoms with Crippen LogP contribution >= 0.6 is 0 Å². The Balaban J connectivity index is 1.45. The van der Waals surface area contributed by atoms with Crippen LogP contribution < -0.4 is 0 Å². The number of rotatable bonds is 2. The van der Waals surface area contributed by atoms with E-state index >= 15 is 0 Å². The number of benzene rings is 1. The number of aromatic nitrogens is 4. The molecule has 0 spiro atoms. The third-order valence-electron chi connectivity index (χ3n) is 7.24. The Bertz CT molecular complexity index is 1450. The third kappa shape index (κ3) is 2.92. The smallest absolute Gasteiger partial charge is 0.256 e.